The second-order valence-electron chi connectivity index (χ2n) is 3.71. The minimum absolute atomic E-state index is 1.06. The van der Waals surface area contributed by atoms with E-state index < -0.39 is 0 Å². The van der Waals surface area contributed by atoms with Gasteiger partial charge < -0.3 is 5.32 Å². The summed E-state index contributed by atoms with van der Waals surface area (Å²) in [6.45, 7) is 3.90. The molecule has 0 atom stereocenters. The van der Waals surface area contributed by atoms with Crippen LogP contribution in [0.3, 0.4) is 0 Å². The van der Waals surface area contributed by atoms with Crippen LogP contribution in [0, 0.1) is 0 Å². The van der Waals surface area contributed by atoms with Gasteiger partial charge in [-0.2, -0.15) is 0 Å². The summed E-state index contributed by atoms with van der Waals surface area (Å²) in [5, 5.41) is 3.37. The van der Waals surface area contributed by atoms with E-state index in [4.69, 9.17) is 0 Å². The van der Waals surface area contributed by atoms with Gasteiger partial charge in [0.05, 0.1) is 0 Å². The van der Waals surface area contributed by atoms with Crippen molar-refractivity contribution in [2.24, 2.45) is 0 Å². The Bertz CT molecular complexity index is 489. The molecule has 16 heavy (non-hydrogen) atoms. The summed E-state index contributed by atoms with van der Waals surface area (Å²) < 4.78 is 1.85. The van der Waals surface area contributed by atoms with Crippen LogP contribution in [0.25, 0.3) is 0 Å². The van der Waals surface area contributed by atoms with E-state index in [0.29, 0.717) is 0 Å². The van der Waals surface area contributed by atoms with E-state index in [1.54, 1.807) is 0 Å². The smallest absolute Gasteiger partial charge is 0.228 e. The Hall–Kier alpha value is -2.09. The first-order valence-electron chi connectivity index (χ1n) is 5.23. The third kappa shape index (κ3) is 2.28. The highest BCUT2D eigenvalue weighted by atomic mass is 15.0. The lowest BCUT2D eigenvalue weighted by atomic mass is 10.2. The summed E-state index contributed by atoms with van der Waals surface area (Å²) in [5.74, 6) is 0. The van der Waals surface area contributed by atoms with E-state index in [1.807, 2.05) is 66.2 Å². The average molecular weight is 211 g/mol. The van der Waals surface area contributed by atoms with Crippen molar-refractivity contribution in [3.05, 3.63) is 54.6 Å². The fraction of sp³-hybridized carbons (Fsp3) is 0.0714. The first kappa shape index (κ1) is 10.4. The highest BCUT2D eigenvalue weighted by Crippen LogP contribution is 2.26. The molecule has 80 valence electrons. The van der Waals surface area contributed by atoms with Crippen LogP contribution in [0.4, 0.5) is 17.1 Å². The molecule has 2 aromatic carbocycles. The summed E-state index contributed by atoms with van der Waals surface area (Å²) in [6, 6.07) is 18.2. The summed E-state index contributed by atoms with van der Waals surface area (Å²) in [6.07, 6.45) is 0. The van der Waals surface area contributed by atoms with E-state index in [9.17, 15) is 0 Å². The van der Waals surface area contributed by atoms with Crippen molar-refractivity contribution in [3.8, 4) is 0 Å². The van der Waals surface area contributed by atoms with Gasteiger partial charge in [-0.25, -0.2) is 4.58 Å². The highest BCUT2D eigenvalue weighted by molar-refractivity contribution is 5.69. The van der Waals surface area contributed by atoms with Crippen LogP contribution in [-0.4, -0.2) is 18.3 Å². The van der Waals surface area contributed by atoms with Gasteiger partial charge in [0.1, 0.15) is 19.5 Å². The summed E-state index contributed by atoms with van der Waals surface area (Å²) in [5.41, 5.74) is 3.22. The maximum atomic E-state index is 3.90. The van der Waals surface area contributed by atoms with Crippen molar-refractivity contribution in [2.45, 2.75) is 0 Å². The molecule has 0 aromatic heterocycles. The topological polar surface area (TPSA) is 15.0 Å². The second-order valence-corrected chi connectivity index (χ2v) is 3.71. The Balaban J connectivity index is 2.31. The van der Waals surface area contributed by atoms with Crippen LogP contribution in [0.5, 0.6) is 0 Å². The molecule has 0 heterocycles. The number of nitrogens with zero attached hydrogens (tertiary/aromatic N) is 1. The lowest BCUT2D eigenvalue weighted by molar-refractivity contribution is -0.393. The molecule has 2 nitrogen and oxygen atoms in total. The van der Waals surface area contributed by atoms with Gasteiger partial charge in [-0.15, -0.1) is 0 Å². The number of para-hydroxylation sites is 3. The van der Waals surface area contributed by atoms with Gasteiger partial charge >= 0.3 is 0 Å². The van der Waals surface area contributed by atoms with Gasteiger partial charge in [-0.1, -0.05) is 30.3 Å². The van der Waals surface area contributed by atoms with Gasteiger partial charge in [0.2, 0.25) is 5.69 Å². The molecule has 2 aromatic rings. The number of anilines is 2. The third-order valence-corrected chi connectivity index (χ3v) is 2.37. The zero-order valence-electron chi connectivity index (χ0n) is 9.35. The van der Waals surface area contributed by atoms with Gasteiger partial charge in [0.25, 0.3) is 0 Å². The van der Waals surface area contributed by atoms with Crippen molar-refractivity contribution in [1.82, 2.24) is 0 Å². The Morgan fingerprint density at radius 1 is 0.938 bits per heavy atom. The number of hydrogen-bond acceptors (Lipinski definition) is 1. The number of hydrogen-bond donors (Lipinski definition) is 1. The van der Waals surface area contributed by atoms with Crippen LogP contribution >= 0.6 is 0 Å². The number of nitrogens with one attached hydrogen (secondary N) is 1. The molecule has 0 radical (unpaired) electrons. The minimum Gasteiger partial charge on any atom is -0.350 e. The van der Waals surface area contributed by atoms with Crippen LogP contribution in [-0.2, 0) is 0 Å². The summed E-state index contributed by atoms with van der Waals surface area (Å²) >= 11 is 0. The van der Waals surface area contributed by atoms with E-state index in [0.717, 1.165) is 17.1 Å². The second kappa shape index (κ2) is 4.62. The van der Waals surface area contributed by atoms with Crippen molar-refractivity contribution in [1.29, 1.82) is 0 Å². The Labute approximate surface area is 95.9 Å². The molecule has 0 bridgehead atoms. The highest BCUT2D eigenvalue weighted by Gasteiger charge is 2.07. The molecule has 0 spiro atoms. The molecule has 0 amide bonds. The summed E-state index contributed by atoms with van der Waals surface area (Å²) in [4.78, 5) is 0. The number of benzene rings is 2. The lowest BCUT2D eigenvalue weighted by Crippen LogP contribution is -1.98. The van der Waals surface area contributed by atoms with Crippen molar-refractivity contribution in [2.75, 3.05) is 12.4 Å². The first-order chi connectivity index (χ1) is 7.77. The molecule has 0 saturated heterocycles. The van der Waals surface area contributed by atoms with Crippen molar-refractivity contribution < 1.29 is 4.58 Å². The van der Waals surface area contributed by atoms with E-state index >= 15 is 0 Å². The van der Waals surface area contributed by atoms with Crippen molar-refractivity contribution in [3.63, 3.8) is 0 Å². The monoisotopic (exact) mass is 211 g/mol. The molecule has 2 rings (SSSR count). The van der Waals surface area contributed by atoms with Crippen LogP contribution < -0.4 is 5.32 Å². The largest absolute Gasteiger partial charge is 0.350 e. The van der Waals surface area contributed by atoms with E-state index in [2.05, 4.69) is 12.0 Å². The first-order valence-corrected chi connectivity index (χ1v) is 5.23. The molecule has 0 aliphatic carbocycles. The predicted molar refractivity (Wildman–Crippen MR) is 69.1 cm³/mol. The fourth-order valence-corrected chi connectivity index (χ4v) is 1.59. The molecule has 0 aliphatic rings. The van der Waals surface area contributed by atoms with E-state index in [1.165, 1.54) is 0 Å². The maximum Gasteiger partial charge on any atom is 0.228 e. The molecule has 0 unspecified atom stereocenters. The lowest BCUT2D eigenvalue weighted by Gasteiger charge is -2.07. The molecular formula is C14H15N2+. The fourth-order valence-electron chi connectivity index (χ4n) is 1.59. The van der Waals surface area contributed by atoms with Gasteiger partial charge in [-0.3, -0.25) is 0 Å². The normalized spacial score (nSPS) is 9.81. The predicted octanol–water partition coefficient (Wildman–Crippen LogP) is 3.40. The standard InChI is InChI=1S/C14H15N2/c1-16(2)14-11-7-6-10-13(14)15-12-8-4-3-5-9-12/h3-11,15H,1H2,2H3/q+1. The van der Waals surface area contributed by atoms with Gasteiger partial charge in [-0.05, 0) is 18.2 Å². The third-order valence-electron chi connectivity index (χ3n) is 2.37. The average Bonchev–Trinajstić information content (AvgIpc) is 2.31. The minimum atomic E-state index is 1.06. The van der Waals surface area contributed by atoms with Crippen molar-refractivity contribution >= 4 is 23.8 Å². The zero-order valence-corrected chi connectivity index (χ0v) is 9.35. The van der Waals surface area contributed by atoms with Gasteiger partial charge in [0.15, 0.2) is 0 Å². The Kier molecular flexibility index (Phi) is 3.01. The van der Waals surface area contributed by atoms with Gasteiger partial charge in [0, 0.05) is 11.8 Å². The van der Waals surface area contributed by atoms with Crippen LogP contribution in [0.15, 0.2) is 54.6 Å². The summed E-state index contributed by atoms with van der Waals surface area (Å²) in [7, 11) is 1.94. The Morgan fingerprint density at radius 3 is 2.25 bits per heavy atom. The molecular weight excluding hydrogens is 196 g/mol. The molecule has 0 fully saturated rings. The molecule has 1 N–H and O–H groups in total. The Morgan fingerprint density at radius 2 is 1.56 bits per heavy atom. The maximum absolute atomic E-state index is 3.90. The molecule has 0 aliphatic heterocycles. The zero-order chi connectivity index (χ0) is 11.4. The number of rotatable bonds is 3. The molecule has 0 saturated carbocycles. The molecule has 2 heteroatoms. The quantitative estimate of drug-likeness (QED) is 0.607. The van der Waals surface area contributed by atoms with Crippen LogP contribution in [0.1, 0.15) is 0 Å². The SMILES string of the molecule is C=[N+](C)c1ccccc1Nc1ccccc1. The van der Waals surface area contributed by atoms with E-state index in [-0.39, 0.29) is 0 Å². The van der Waals surface area contributed by atoms with Crippen LogP contribution in [0.2, 0.25) is 0 Å².